The van der Waals surface area contributed by atoms with Gasteiger partial charge < -0.3 is 10.1 Å². The summed E-state index contributed by atoms with van der Waals surface area (Å²) in [5, 5.41) is 9.73. The third-order valence-electron chi connectivity index (χ3n) is 2.67. The van der Waals surface area contributed by atoms with Crippen molar-refractivity contribution in [2.24, 2.45) is 0 Å². The number of benzene rings is 1. The smallest absolute Gasteiger partial charge is 0.307 e. The highest BCUT2D eigenvalue weighted by molar-refractivity contribution is 6.46. The van der Waals surface area contributed by atoms with Crippen molar-refractivity contribution in [1.82, 2.24) is 4.98 Å². The molecule has 0 spiro atoms. The number of hydrogen-bond donors (Lipinski definition) is 2. The predicted molar refractivity (Wildman–Crippen MR) is 78.9 cm³/mol. The van der Waals surface area contributed by atoms with E-state index in [0.29, 0.717) is 26.7 Å². The summed E-state index contributed by atoms with van der Waals surface area (Å²) >= 11 is 18.2. The molecular formula is C13H8Cl3NO3. The van der Waals surface area contributed by atoms with Gasteiger partial charge >= 0.3 is 5.97 Å². The summed E-state index contributed by atoms with van der Waals surface area (Å²) in [6.07, 6.45) is 1.06. The first kappa shape index (κ1) is 14.9. The summed E-state index contributed by atoms with van der Waals surface area (Å²) in [6.45, 7) is 0. The van der Waals surface area contributed by atoms with Crippen LogP contribution in [0, 0.1) is 0 Å². The molecule has 0 aliphatic rings. The molecule has 0 saturated carbocycles. The molecule has 0 bridgehead atoms. The topological polar surface area (TPSA) is 70.2 Å². The maximum absolute atomic E-state index is 11.4. The van der Waals surface area contributed by atoms with Crippen molar-refractivity contribution in [3.8, 4) is 11.1 Å². The van der Waals surface area contributed by atoms with E-state index in [1.54, 1.807) is 6.07 Å². The van der Waals surface area contributed by atoms with Crippen LogP contribution in [0.15, 0.2) is 29.2 Å². The van der Waals surface area contributed by atoms with Gasteiger partial charge in [0.1, 0.15) is 0 Å². The van der Waals surface area contributed by atoms with Gasteiger partial charge in [-0.1, -0.05) is 34.8 Å². The molecule has 2 aromatic rings. The Labute approximate surface area is 128 Å². The molecule has 0 aliphatic heterocycles. The fourth-order valence-corrected chi connectivity index (χ4v) is 2.56. The molecule has 0 saturated heterocycles. The van der Waals surface area contributed by atoms with Crippen LogP contribution in [0.25, 0.3) is 11.1 Å². The number of aliphatic carboxylic acids is 1. The van der Waals surface area contributed by atoms with Gasteiger partial charge in [-0.3, -0.25) is 9.59 Å². The van der Waals surface area contributed by atoms with Crippen molar-refractivity contribution in [2.45, 2.75) is 6.42 Å². The van der Waals surface area contributed by atoms with E-state index in [4.69, 9.17) is 39.9 Å². The Kier molecular flexibility index (Phi) is 4.38. The number of carboxylic acids is 1. The van der Waals surface area contributed by atoms with Gasteiger partial charge in [-0.15, -0.1) is 0 Å². The maximum Gasteiger partial charge on any atom is 0.307 e. The molecule has 1 heterocycles. The first-order valence-electron chi connectivity index (χ1n) is 5.47. The third-order valence-corrected chi connectivity index (χ3v) is 3.78. The molecule has 0 aliphatic carbocycles. The van der Waals surface area contributed by atoms with Gasteiger partial charge in [0.25, 0.3) is 0 Å². The average Bonchev–Trinajstić information content (AvgIpc) is 2.36. The molecule has 0 unspecified atom stereocenters. The lowest BCUT2D eigenvalue weighted by molar-refractivity contribution is -0.136. The first-order chi connectivity index (χ1) is 9.40. The first-order valence-corrected chi connectivity index (χ1v) is 6.61. The number of hydrogen-bond acceptors (Lipinski definition) is 2. The fourth-order valence-electron chi connectivity index (χ4n) is 1.83. The van der Waals surface area contributed by atoms with E-state index in [2.05, 4.69) is 4.98 Å². The van der Waals surface area contributed by atoms with E-state index >= 15 is 0 Å². The van der Waals surface area contributed by atoms with Crippen LogP contribution in [0.3, 0.4) is 0 Å². The van der Waals surface area contributed by atoms with E-state index in [9.17, 15) is 9.59 Å². The second-order valence-corrected chi connectivity index (χ2v) is 5.22. The molecule has 0 fully saturated rings. The van der Waals surface area contributed by atoms with Crippen molar-refractivity contribution in [3.05, 3.63) is 55.4 Å². The third kappa shape index (κ3) is 2.98. The molecule has 20 heavy (non-hydrogen) atoms. The van der Waals surface area contributed by atoms with E-state index in [-0.39, 0.29) is 11.4 Å². The van der Waals surface area contributed by atoms with Crippen LogP contribution in [-0.2, 0) is 11.2 Å². The summed E-state index contributed by atoms with van der Waals surface area (Å²) in [5.41, 5.74) is 0.740. The SMILES string of the molecule is O=C(O)Cc1cc(=O)[nH]cc1-c1c(Cl)ccc(Cl)c1Cl. The van der Waals surface area contributed by atoms with Crippen LogP contribution in [0.4, 0.5) is 0 Å². The Hall–Kier alpha value is -1.49. The number of H-pyrrole nitrogens is 1. The van der Waals surface area contributed by atoms with E-state index in [1.807, 2.05) is 0 Å². The molecule has 4 nitrogen and oxygen atoms in total. The van der Waals surface area contributed by atoms with Gasteiger partial charge in [0.2, 0.25) is 5.56 Å². The monoisotopic (exact) mass is 331 g/mol. The summed E-state index contributed by atoms with van der Waals surface area (Å²) in [5.74, 6) is -1.06. The molecule has 1 aromatic carbocycles. The number of carboxylic acid groups (broad SMARTS) is 1. The van der Waals surface area contributed by atoms with Crippen molar-refractivity contribution in [3.63, 3.8) is 0 Å². The molecule has 2 N–H and O–H groups in total. The summed E-state index contributed by atoms with van der Waals surface area (Å²) in [6, 6.07) is 4.30. The van der Waals surface area contributed by atoms with E-state index < -0.39 is 11.5 Å². The normalized spacial score (nSPS) is 10.6. The van der Waals surface area contributed by atoms with Gasteiger partial charge in [-0.2, -0.15) is 0 Å². The van der Waals surface area contributed by atoms with Crippen LogP contribution in [0.2, 0.25) is 15.1 Å². The summed E-state index contributed by atoms with van der Waals surface area (Å²) in [4.78, 5) is 24.7. The predicted octanol–water partition coefficient (Wildman–Crippen LogP) is 3.63. The van der Waals surface area contributed by atoms with E-state index in [1.165, 1.54) is 18.3 Å². The van der Waals surface area contributed by atoms with E-state index in [0.717, 1.165) is 0 Å². The second-order valence-electron chi connectivity index (χ2n) is 4.02. The van der Waals surface area contributed by atoms with Crippen molar-refractivity contribution < 1.29 is 9.90 Å². The second kappa shape index (κ2) is 5.87. The van der Waals surface area contributed by atoms with Crippen molar-refractivity contribution in [2.75, 3.05) is 0 Å². The lowest BCUT2D eigenvalue weighted by atomic mass is 10.00. The molecule has 2 rings (SSSR count). The number of pyridine rings is 1. The molecule has 0 amide bonds. The lowest BCUT2D eigenvalue weighted by Gasteiger charge is -2.12. The standard InChI is InChI=1S/C13H8Cl3NO3/c14-8-1-2-9(15)13(16)12(8)7-5-17-10(18)3-6(7)4-11(19)20/h1-3,5H,4H2,(H,17,18)(H,19,20). The van der Waals surface area contributed by atoms with Gasteiger partial charge in [0, 0.05) is 23.4 Å². The summed E-state index contributed by atoms with van der Waals surface area (Å²) in [7, 11) is 0. The quantitative estimate of drug-likeness (QED) is 0.843. The van der Waals surface area contributed by atoms with Crippen LogP contribution in [0.5, 0.6) is 0 Å². The molecule has 0 atom stereocenters. The Morgan fingerprint density at radius 1 is 1.20 bits per heavy atom. The molecule has 0 radical (unpaired) electrons. The molecule has 1 aromatic heterocycles. The lowest BCUT2D eigenvalue weighted by Crippen LogP contribution is -2.10. The Balaban J connectivity index is 2.73. The highest BCUT2D eigenvalue weighted by Gasteiger charge is 2.17. The number of halogens is 3. The van der Waals surface area contributed by atoms with Crippen LogP contribution < -0.4 is 5.56 Å². The van der Waals surface area contributed by atoms with Gasteiger partial charge in [0.15, 0.2) is 0 Å². The zero-order valence-electron chi connectivity index (χ0n) is 9.91. The highest BCUT2D eigenvalue weighted by Crippen LogP contribution is 2.39. The maximum atomic E-state index is 11.4. The number of aromatic amines is 1. The molecular weight excluding hydrogens is 325 g/mol. The van der Waals surface area contributed by atoms with Gasteiger partial charge in [-0.05, 0) is 17.7 Å². The Morgan fingerprint density at radius 2 is 1.85 bits per heavy atom. The number of nitrogens with one attached hydrogen (secondary N) is 1. The largest absolute Gasteiger partial charge is 0.481 e. The number of aromatic nitrogens is 1. The van der Waals surface area contributed by atoms with Gasteiger partial charge in [0.05, 0.1) is 21.5 Å². The van der Waals surface area contributed by atoms with Crippen LogP contribution in [-0.4, -0.2) is 16.1 Å². The minimum absolute atomic E-state index is 0.206. The molecule has 104 valence electrons. The highest BCUT2D eigenvalue weighted by atomic mass is 35.5. The zero-order chi connectivity index (χ0) is 14.9. The summed E-state index contributed by atoms with van der Waals surface area (Å²) < 4.78 is 0. The minimum Gasteiger partial charge on any atom is -0.481 e. The zero-order valence-corrected chi connectivity index (χ0v) is 12.2. The fraction of sp³-hybridized carbons (Fsp3) is 0.0769. The van der Waals surface area contributed by atoms with Gasteiger partial charge in [-0.25, -0.2) is 0 Å². The average molecular weight is 333 g/mol. The molecule has 7 heteroatoms. The van der Waals surface area contributed by atoms with Crippen molar-refractivity contribution in [1.29, 1.82) is 0 Å². The van der Waals surface area contributed by atoms with Crippen LogP contribution in [0.1, 0.15) is 5.56 Å². The van der Waals surface area contributed by atoms with Crippen LogP contribution >= 0.6 is 34.8 Å². The van der Waals surface area contributed by atoms with Crippen molar-refractivity contribution >= 4 is 40.8 Å². The minimum atomic E-state index is -1.06. The number of carbonyl (C=O) groups is 1. The Bertz CT molecular complexity index is 740. The number of rotatable bonds is 3. The Morgan fingerprint density at radius 3 is 2.50 bits per heavy atom.